The highest BCUT2D eigenvalue weighted by atomic mass is 32.1. The number of nitrogens with zero attached hydrogens (tertiary/aromatic N) is 3. The van der Waals surface area contributed by atoms with Crippen LogP contribution in [0.2, 0.25) is 0 Å². The maximum absolute atomic E-state index is 12.0. The number of carbonyl (C=O) groups excluding carboxylic acids is 2. The lowest BCUT2D eigenvalue weighted by molar-refractivity contribution is -0.858. The van der Waals surface area contributed by atoms with Gasteiger partial charge in [0.15, 0.2) is 11.0 Å². The SMILES string of the molecule is CN1C(=O)C(C=NCCC[NH+](C)C)C(=O)N(C)C1=S. The van der Waals surface area contributed by atoms with Gasteiger partial charge in [-0.05, 0) is 12.2 Å². The highest BCUT2D eigenvalue weighted by Crippen LogP contribution is 2.13. The Balaban J connectivity index is 2.61. The van der Waals surface area contributed by atoms with Gasteiger partial charge in [-0.3, -0.25) is 24.4 Å². The molecule has 1 fully saturated rings. The van der Waals surface area contributed by atoms with E-state index < -0.39 is 5.92 Å². The summed E-state index contributed by atoms with van der Waals surface area (Å²) in [5.41, 5.74) is 0. The van der Waals surface area contributed by atoms with Gasteiger partial charge in [0, 0.05) is 33.3 Å². The highest BCUT2D eigenvalue weighted by Gasteiger charge is 2.39. The minimum absolute atomic E-state index is 0.232. The standard InChI is InChI=1S/C12H20N4O2S/c1-14(2)7-5-6-13-8-9-10(17)15(3)12(19)16(4)11(9)18/h8-9H,5-7H2,1-4H3/p+1. The number of amides is 2. The van der Waals surface area contributed by atoms with Crippen LogP contribution in [0.25, 0.3) is 0 Å². The number of rotatable bonds is 5. The summed E-state index contributed by atoms with van der Waals surface area (Å²) < 4.78 is 0. The number of nitrogens with one attached hydrogen (secondary N) is 1. The van der Waals surface area contributed by atoms with Crippen molar-refractivity contribution in [2.45, 2.75) is 6.42 Å². The summed E-state index contributed by atoms with van der Waals surface area (Å²) in [6.45, 7) is 1.63. The summed E-state index contributed by atoms with van der Waals surface area (Å²) in [7, 11) is 7.29. The molecule has 0 atom stereocenters. The molecule has 0 aromatic heterocycles. The lowest BCUT2D eigenvalue weighted by Gasteiger charge is -2.33. The van der Waals surface area contributed by atoms with Gasteiger partial charge < -0.3 is 4.90 Å². The molecule has 1 rings (SSSR count). The molecule has 0 saturated carbocycles. The van der Waals surface area contributed by atoms with Gasteiger partial charge >= 0.3 is 0 Å². The van der Waals surface area contributed by atoms with E-state index in [9.17, 15) is 9.59 Å². The first kappa shape index (κ1) is 15.7. The van der Waals surface area contributed by atoms with Gasteiger partial charge in [0.2, 0.25) is 11.8 Å². The Morgan fingerprint density at radius 1 is 1.26 bits per heavy atom. The van der Waals surface area contributed by atoms with Gasteiger partial charge in [0.05, 0.1) is 20.6 Å². The van der Waals surface area contributed by atoms with E-state index in [1.54, 1.807) is 14.1 Å². The fraction of sp³-hybridized carbons (Fsp3) is 0.667. The van der Waals surface area contributed by atoms with Gasteiger partial charge in [-0.2, -0.15) is 0 Å². The molecule has 0 aromatic carbocycles. The fourth-order valence-corrected chi connectivity index (χ4v) is 1.95. The van der Waals surface area contributed by atoms with Gasteiger partial charge in [-0.1, -0.05) is 0 Å². The van der Waals surface area contributed by atoms with E-state index in [0.717, 1.165) is 13.0 Å². The molecule has 6 nitrogen and oxygen atoms in total. The molecule has 0 aromatic rings. The summed E-state index contributed by atoms with van der Waals surface area (Å²) in [5, 5.41) is 0.232. The molecule has 0 aliphatic carbocycles. The van der Waals surface area contributed by atoms with Crippen LogP contribution in [-0.4, -0.2) is 74.2 Å². The fourth-order valence-electron chi connectivity index (χ4n) is 1.77. The van der Waals surface area contributed by atoms with E-state index in [1.807, 2.05) is 0 Å². The molecular formula is C12H21N4O2S+. The molecule has 2 amide bonds. The highest BCUT2D eigenvalue weighted by molar-refractivity contribution is 7.80. The average Bonchev–Trinajstić information content (AvgIpc) is 2.37. The van der Waals surface area contributed by atoms with Crippen molar-refractivity contribution in [1.82, 2.24) is 9.80 Å². The minimum Gasteiger partial charge on any atom is -0.340 e. The van der Waals surface area contributed by atoms with E-state index in [1.165, 1.54) is 20.9 Å². The van der Waals surface area contributed by atoms with Crippen molar-refractivity contribution < 1.29 is 14.5 Å². The Labute approximate surface area is 119 Å². The molecule has 1 aliphatic heterocycles. The first-order chi connectivity index (χ1) is 8.86. The van der Waals surface area contributed by atoms with Gasteiger partial charge in [0.1, 0.15) is 0 Å². The molecule has 0 spiro atoms. The van der Waals surface area contributed by atoms with Crippen LogP contribution in [0.15, 0.2) is 4.99 Å². The summed E-state index contributed by atoms with van der Waals surface area (Å²) in [6.07, 6.45) is 2.38. The molecule has 19 heavy (non-hydrogen) atoms. The van der Waals surface area contributed by atoms with Crippen LogP contribution < -0.4 is 4.90 Å². The molecule has 0 bridgehead atoms. The predicted molar refractivity (Wildman–Crippen MR) is 77.3 cm³/mol. The summed E-state index contributed by atoms with van der Waals surface area (Å²) in [4.78, 5) is 32.1. The molecule has 0 radical (unpaired) electrons. The monoisotopic (exact) mass is 285 g/mol. The third-order valence-electron chi connectivity index (χ3n) is 2.99. The largest absolute Gasteiger partial charge is 0.340 e. The zero-order valence-electron chi connectivity index (χ0n) is 11.8. The smallest absolute Gasteiger partial charge is 0.246 e. The minimum atomic E-state index is -0.839. The number of hydrogen-bond acceptors (Lipinski definition) is 4. The number of quaternary nitrogens is 1. The predicted octanol–water partition coefficient (Wildman–Crippen LogP) is -1.58. The quantitative estimate of drug-likeness (QED) is 0.287. The Kier molecular flexibility index (Phi) is 5.56. The molecule has 0 unspecified atom stereocenters. The first-order valence-electron chi connectivity index (χ1n) is 6.24. The molecule has 1 saturated heterocycles. The third kappa shape index (κ3) is 3.81. The molecule has 1 aliphatic rings. The Hall–Kier alpha value is -1.34. The lowest BCUT2D eigenvalue weighted by atomic mass is 10.1. The van der Waals surface area contributed by atoms with Crippen LogP contribution in [-0.2, 0) is 9.59 Å². The van der Waals surface area contributed by atoms with E-state index in [0.29, 0.717) is 6.54 Å². The molecule has 7 heteroatoms. The Bertz CT molecular complexity index is 385. The number of aliphatic imine (C=N–C) groups is 1. The summed E-state index contributed by atoms with van der Waals surface area (Å²) in [6, 6.07) is 0. The van der Waals surface area contributed by atoms with E-state index >= 15 is 0 Å². The lowest BCUT2D eigenvalue weighted by Crippen LogP contribution is -3.05. The van der Waals surface area contributed by atoms with Crippen LogP contribution in [0, 0.1) is 5.92 Å². The normalized spacial score (nSPS) is 18.3. The maximum Gasteiger partial charge on any atom is 0.246 e. The topological polar surface area (TPSA) is 57.4 Å². The van der Waals surface area contributed by atoms with Crippen LogP contribution >= 0.6 is 12.2 Å². The van der Waals surface area contributed by atoms with E-state index in [2.05, 4.69) is 19.1 Å². The van der Waals surface area contributed by atoms with Gasteiger partial charge in [-0.25, -0.2) is 0 Å². The van der Waals surface area contributed by atoms with Crippen molar-refractivity contribution in [2.24, 2.45) is 10.9 Å². The van der Waals surface area contributed by atoms with Crippen molar-refractivity contribution in [3.05, 3.63) is 0 Å². The number of hydrogen-bond donors (Lipinski definition) is 1. The van der Waals surface area contributed by atoms with Crippen molar-refractivity contribution in [2.75, 3.05) is 41.3 Å². The second-order valence-electron chi connectivity index (χ2n) is 4.92. The number of thiocarbonyl (C=S) groups is 1. The second kappa shape index (κ2) is 6.72. The van der Waals surface area contributed by atoms with Crippen molar-refractivity contribution in [3.8, 4) is 0 Å². The van der Waals surface area contributed by atoms with Crippen LogP contribution in [0.3, 0.4) is 0 Å². The Morgan fingerprint density at radius 2 is 1.79 bits per heavy atom. The van der Waals surface area contributed by atoms with Gasteiger partial charge in [0.25, 0.3) is 0 Å². The van der Waals surface area contributed by atoms with Crippen LogP contribution in [0.5, 0.6) is 0 Å². The van der Waals surface area contributed by atoms with Crippen molar-refractivity contribution in [3.63, 3.8) is 0 Å². The average molecular weight is 285 g/mol. The Morgan fingerprint density at radius 3 is 2.26 bits per heavy atom. The maximum atomic E-state index is 12.0. The van der Waals surface area contributed by atoms with E-state index in [4.69, 9.17) is 12.2 Å². The van der Waals surface area contributed by atoms with Crippen LogP contribution in [0.4, 0.5) is 0 Å². The molecular weight excluding hydrogens is 264 g/mol. The number of carbonyl (C=O) groups is 2. The van der Waals surface area contributed by atoms with Crippen LogP contribution in [0.1, 0.15) is 6.42 Å². The van der Waals surface area contributed by atoms with Crippen molar-refractivity contribution in [1.29, 1.82) is 0 Å². The molecule has 1 N–H and O–H groups in total. The van der Waals surface area contributed by atoms with E-state index in [-0.39, 0.29) is 16.9 Å². The van der Waals surface area contributed by atoms with Crippen molar-refractivity contribution >= 4 is 35.4 Å². The first-order valence-corrected chi connectivity index (χ1v) is 6.65. The zero-order chi connectivity index (χ0) is 14.6. The molecule has 1 heterocycles. The second-order valence-corrected chi connectivity index (χ2v) is 5.29. The summed E-state index contributed by atoms with van der Waals surface area (Å²) in [5.74, 6) is -1.46. The molecule has 106 valence electrons. The van der Waals surface area contributed by atoms with Gasteiger partial charge in [-0.15, -0.1) is 0 Å². The third-order valence-corrected chi connectivity index (χ3v) is 3.53. The summed E-state index contributed by atoms with van der Waals surface area (Å²) >= 11 is 5.00. The zero-order valence-corrected chi connectivity index (χ0v) is 12.7.